The van der Waals surface area contributed by atoms with E-state index in [1.807, 2.05) is 0 Å². The van der Waals surface area contributed by atoms with Crippen molar-refractivity contribution in [3.05, 3.63) is 12.7 Å². The Kier molecular flexibility index (Phi) is 4.34. The molecule has 15 heavy (non-hydrogen) atoms. The minimum Gasteiger partial charge on any atom is -0.356 e. The van der Waals surface area contributed by atoms with Crippen LogP contribution in [-0.4, -0.2) is 36.3 Å². The molecular weight excluding hydrogens is 192 g/mol. The van der Waals surface area contributed by atoms with E-state index in [0.29, 0.717) is 5.92 Å². The molecule has 1 N–H and O–H groups in total. The minimum absolute atomic E-state index is 0.00739. The predicted molar refractivity (Wildman–Crippen MR) is 58.2 cm³/mol. The third kappa shape index (κ3) is 3.73. The maximum Gasteiger partial charge on any atom is 0.245 e. The maximum absolute atomic E-state index is 11.3. The largest absolute Gasteiger partial charge is 0.356 e. The lowest BCUT2D eigenvalue weighted by atomic mass is 9.97. The fraction of sp³-hybridized carbons (Fsp3) is 0.636. The van der Waals surface area contributed by atoms with E-state index in [0.717, 1.165) is 32.5 Å². The van der Waals surface area contributed by atoms with Gasteiger partial charge in [-0.05, 0) is 24.8 Å². The number of hydrogen-bond acceptors (Lipinski definition) is 2. The van der Waals surface area contributed by atoms with E-state index in [-0.39, 0.29) is 11.8 Å². The Morgan fingerprint density at radius 1 is 1.47 bits per heavy atom. The normalized spacial score (nSPS) is 17.3. The van der Waals surface area contributed by atoms with Crippen LogP contribution in [0.4, 0.5) is 0 Å². The van der Waals surface area contributed by atoms with Gasteiger partial charge in [0.2, 0.25) is 11.8 Å². The number of carbonyl (C=O) groups excluding carboxylic acids is 2. The molecule has 0 spiro atoms. The van der Waals surface area contributed by atoms with Gasteiger partial charge in [-0.15, -0.1) is 0 Å². The van der Waals surface area contributed by atoms with Crippen LogP contribution in [-0.2, 0) is 9.59 Å². The second-order valence-electron chi connectivity index (χ2n) is 3.91. The maximum atomic E-state index is 11.3. The number of likely N-dealkylation sites (tertiary alicyclic amines) is 1. The molecule has 0 aromatic carbocycles. The molecule has 4 nitrogen and oxygen atoms in total. The Morgan fingerprint density at radius 2 is 2.07 bits per heavy atom. The number of nitrogens with zero attached hydrogens (tertiary/aromatic N) is 1. The molecule has 0 aliphatic carbocycles. The number of piperidine rings is 1. The van der Waals surface area contributed by atoms with Gasteiger partial charge in [0, 0.05) is 26.6 Å². The van der Waals surface area contributed by atoms with Gasteiger partial charge >= 0.3 is 0 Å². The lowest BCUT2D eigenvalue weighted by Gasteiger charge is -2.31. The summed E-state index contributed by atoms with van der Waals surface area (Å²) in [5.41, 5.74) is 0. The molecule has 1 fully saturated rings. The van der Waals surface area contributed by atoms with Crippen molar-refractivity contribution >= 4 is 11.8 Å². The molecule has 1 heterocycles. The Hall–Kier alpha value is -1.32. The van der Waals surface area contributed by atoms with E-state index in [2.05, 4.69) is 11.9 Å². The van der Waals surface area contributed by atoms with Gasteiger partial charge in [0.05, 0.1) is 0 Å². The second-order valence-corrected chi connectivity index (χ2v) is 3.91. The second kappa shape index (κ2) is 5.53. The van der Waals surface area contributed by atoms with Crippen molar-refractivity contribution in [2.75, 3.05) is 19.6 Å². The molecule has 1 aliphatic heterocycles. The van der Waals surface area contributed by atoms with Crippen LogP contribution in [0.1, 0.15) is 19.8 Å². The van der Waals surface area contributed by atoms with Crippen molar-refractivity contribution in [3.8, 4) is 0 Å². The molecule has 1 saturated heterocycles. The molecule has 0 aromatic rings. The zero-order valence-electron chi connectivity index (χ0n) is 9.16. The summed E-state index contributed by atoms with van der Waals surface area (Å²) in [6.45, 7) is 7.26. The average Bonchev–Trinajstić information content (AvgIpc) is 2.26. The molecule has 0 bridgehead atoms. The first-order chi connectivity index (χ1) is 7.13. The number of nitrogens with one attached hydrogen (secondary N) is 1. The Labute approximate surface area is 90.3 Å². The first-order valence-electron chi connectivity index (χ1n) is 5.29. The number of amides is 2. The third-order valence-corrected chi connectivity index (χ3v) is 2.74. The van der Waals surface area contributed by atoms with Gasteiger partial charge in [0.1, 0.15) is 0 Å². The predicted octanol–water partition coefficient (Wildman–Crippen LogP) is 0.547. The van der Waals surface area contributed by atoms with Gasteiger partial charge in [-0.25, -0.2) is 0 Å². The van der Waals surface area contributed by atoms with Gasteiger partial charge < -0.3 is 10.2 Å². The summed E-state index contributed by atoms with van der Waals surface area (Å²) in [4.78, 5) is 23.8. The van der Waals surface area contributed by atoms with Crippen molar-refractivity contribution in [1.29, 1.82) is 0 Å². The van der Waals surface area contributed by atoms with Crippen LogP contribution in [0.3, 0.4) is 0 Å². The van der Waals surface area contributed by atoms with Gasteiger partial charge in [0.15, 0.2) is 0 Å². The summed E-state index contributed by atoms with van der Waals surface area (Å²) in [6, 6.07) is 0. The van der Waals surface area contributed by atoms with Gasteiger partial charge in [0.25, 0.3) is 0 Å². The molecule has 1 aliphatic rings. The lowest BCUT2D eigenvalue weighted by Crippen LogP contribution is -2.40. The summed E-state index contributed by atoms with van der Waals surface area (Å²) < 4.78 is 0. The van der Waals surface area contributed by atoms with Crippen LogP contribution < -0.4 is 5.32 Å². The van der Waals surface area contributed by atoms with E-state index >= 15 is 0 Å². The van der Waals surface area contributed by atoms with Crippen LogP contribution >= 0.6 is 0 Å². The summed E-state index contributed by atoms with van der Waals surface area (Å²) in [5, 5.41) is 2.81. The van der Waals surface area contributed by atoms with E-state index in [4.69, 9.17) is 0 Å². The monoisotopic (exact) mass is 210 g/mol. The molecule has 4 heteroatoms. The molecular formula is C11H18N2O2. The number of hydrogen-bond donors (Lipinski definition) is 1. The first kappa shape index (κ1) is 11.8. The molecule has 0 atom stereocenters. The molecule has 0 aromatic heterocycles. The lowest BCUT2D eigenvalue weighted by molar-refractivity contribution is -0.127. The minimum atomic E-state index is 0.00739. The van der Waals surface area contributed by atoms with Crippen molar-refractivity contribution in [2.24, 2.45) is 5.92 Å². The number of rotatable bonds is 3. The van der Waals surface area contributed by atoms with Crippen LogP contribution in [0.15, 0.2) is 12.7 Å². The smallest absolute Gasteiger partial charge is 0.245 e. The Morgan fingerprint density at radius 3 is 2.53 bits per heavy atom. The highest BCUT2D eigenvalue weighted by Gasteiger charge is 2.21. The molecule has 0 unspecified atom stereocenters. The van der Waals surface area contributed by atoms with Crippen LogP contribution in [0.25, 0.3) is 0 Å². The Balaban J connectivity index is 2.26. The van der Waals surface area contributed by atoms with Crippen molar-refractivity contribution in [3.63, 3.8) is 0 Å². The molecule has 2 amide bonds. The highest BCUT2D eigenvalue weighted by Crippen LogP contribution is 2.16. The van der Waals surface area contributed by atoms with Crippen molar-refractivity contribution in [2.45, 2.75) is 19.8 Å². The Bertz CT molecular complexity index is 255. The van der Waals surface area contributed by atoms with Gasteiger partial charge in [-0.1, -0.05) is 6.58 Å². The van der Waals surface area contributed by atoms with Crippen LogP contribution in [0, 0.1) is 5.92 Å². The molecule has 0 saturated carbocycles. The van der Waals surface area contributed by atoms with Crippen LogP contribution in [0.5, 0.6) is 0 Å². The first-order valence-corrected chi connectivity index (χ1v) is 5.29. The van der Waals surface area contributed by atoms with E-state index in [1.165, 1.54) is 13.0 Å². The average molecular weight is 210 g/mol. The fourth-order valence-electron chi connectivity index (χ4n) is 1.77. The summed E-state index contributed by atoms with van der Waals surface area (Å²) >= 11 is 0. The highest BCUT2D eigenvalue weighted by atomic mass is 16.2. The SMILES string of the molecule is C=CC(=O)N1CCC(CNC(C)=O)CC1. The third-order valence-electron chi connectivity index (χ3n) is 2.74. The molecule has 84 valence electrons. The zero-order chi connectivity index (χ0) is 11.3. The van der Waals surface area contributed by atoms with Gasteiger partial charge in [-0.2, -0.15) is 0 Å². The summed E-state index contributed by atoms with van der Waals surface area (Å²) in [5.74, 6) is 0.523. The topological polar surface area (TPSA) is 49.4 Å². The fourth-order valence-corrected chi connectivity index (χ4v) is 1.77. The summed E-state index contributed by atoms with van der Waals surface area (Å²) in [7, 11) is 0. The number of carbonyl (C=O) groups is 2. The van der Waals surface area contributed by atoms with E-state index < -0.39 is 0 Å². The molecule has 1 rings (SSSR count). The van der Waals surface area contributed by atoms with E-state index in [1.54, 1.807) is 4.90 Å². The zero-order valence-corrected chi connectivity index (χ0v) is 9.16. The summed E-state index contributed by atoms with van der Waals surface area (Å²) in [6.07, 6.45) is 3.27. The van der Waals surface area contributed by atoms with Gasteiger partial charge in [-0.3, -0.25) is 9.59 Å². The van der Waals surface area contributed by atoms with Crippen LogP contribution in [0.2, 0.25) is 0 Å². The highest BCUT2D eigenvalue weighted by molar-refractivity contribution is 5.87. The van der Waals surface area contributed by atoms with E-state index in [9.17, 15) is 9.59 Å². The molecule has 0 radical (unpaired) electrons. The van der Waals surface area contributed by atoms with Crippen molar-refractivity contribution < 1.29 is 9.59 Å². The van der Waals surface area contributed by atoms with Crippen molar-refractivity contribution in [1.82, 2.24) is 10.2 Å². The quantitative estimate of drug-likeness (QED) is 0.691. The standard InChI is InChI=1S/C11H18N2O2/c1-3-11(15)13-6-4-10(5-7-13)8-12-9(2)14/h3,10H,1,4-8H2,2H3,(H,12,14).